The molecule has 1 saturated heterocycles. The highest BCUT2D eigenvalue weighted by Gasteiger charge is 2.63. The van der Waals surface area contributed by atoms with E-state index >= 15 is 0 Å². The summed E-state index contributed by atoms with van der Waals surface area (Å²) in [6, 6.07) is 15.1. The van der Waals surface area contributed by atoms with Crippen LogP contribution in [0.5, 0.6) is 0 Å². The minimum absolute atomic E-state index is 0.127. The van der Waals surface area contributed by atoms with Gasteiger partial charge in [0.15, 0.2) is 0 Å². The Hall–Kier alpha value is -2.66. The van der Waals surface area contributed by atoms with Crippen LogP contribution in [-0.4, -0.2) is 17.4 Å². The Balaban J connectivity index is 2.01. The van der Waals surface area contributed by atoms with Crippen LogP contribution in [0.4, 0.5) is 11.4 Å². The summed E-state index contributed by atoms with van der Waals surface area (Å²) in [6.45, 7) is 5.56. The molecule has 2 heterocycles. The lowest BCUT2D eigenvalue weighted by molar-refractivity contribution is -0.124. The Morgan fingerprint density at radius 1 is 0.958 bits per heavy atom. The van der Waals surface area contributed by atoms with Gasteiger partial charge in [0.2, 0.25) is 11.6 Å². The smallest absolute Gasteiger partial charge is 0.270 e. The highest BCUT2D eigenvalue weighted by molar-refractivity contribution is 6.17. The highest BCUT2D eigenvalue weighted by Crippen LogP contribution is 2.47. The number of aryl methyl sites for hydroxylation is 1. The summed E-state index contributed by atoms with van der Waals surface area (Å²) >= 11 is 0. The first-order valence-corrected chi connectivity index (χ1v) is 7.98. The van der Waals surface area contributed by atoms with Gasteiger partial charge < -0.3 is 5.32 Å². The van der Waals surface area contributed by atoms with Gasteiger partial charge in [0, 0.05) is 11.3 Å². The maximum absolute atomic E-state index is 13.1. The van der Waals surface area contributed by atoms with Crippen LogP contribution >= 0.6 is 0 Å². The fourth-order valence-corrected chi connectivity index (χ4v) is 3.69. The average molecular weight is 321 g/mol. The van der Waals surface area contributed by atoms with Gasteiger partial charge in [-0.25, -0.2) is 0 Å². The van der Waals surface area contributed by atoms with E-state index < -0.39 is 11.2 Å². The molecule has 24 heavy (non-hydrogen) atoms. The molecule has 4 rings (SSSR count). The third-order valence-electron chi connectivity index (χ3n) is 4.81. The van der Waals surface area contributed by atoms with Gasteiger partial charge in [-0.3, -0.25) is 19.8 Å². The van der Waals surface area contributed by atoms with Gasteiger partial charge in [-0.1, -0.05) is 36.4 Å². The van der Waals surface area contributed by atoms with Crippen molar-refractivity contribution < 1.29 is 9.59 Å². The molecule has 2 aliphatic heterocycles. The van der Waals surface area contributed by atoms with Crippen molar-refractivity contribution in [3.63, 3.8) is 0 Å². The maximum atomic E-state index is 13.1. The SMILES string of the molecule is Cc1cccc2c1NC(=O)C21NC(C)(C)C(=O)N1c1ccccc1. The van der Waals surface area contributed by atoms with Gasteiger partial charge in [0.1, 0.15) is 0 Å². The second kappa shape index (κ2) is 4.68. The fourth-order valence-electron chi connectivity index (χ4n) is 3.69. The number of para-hydroxylation sites is 2. The molecule has 0 saturated carbocycles. The van der Waals surface area contributed by atoms with Crippen molar-refractivity contribution >= 4 is 23.2 Å². The van der Waals surface area contributed by atoms with Gasteiger partial charge in [-0.05, 0) is 38.5 Å². The molecule has 0 aliphatic carbocycles. The standard InChI is InChI=1S/C19H19N3O2/c1-12-8-7-11-14-15(12)20-16(23)19(14)21-18(2,3)17(24)22(19)13-9-5-4-6-10-13/h4-11,21H,1-3H3,(H,20,23). The van der Waals surface area contributed by atoms with Crippen LogP contribution in [0.3, 0.4) is 0 Å². The molecule has 0 aromatic heterocycles. The maximum Gasteiger partial charge on any atom is 0.270 e. The molecule has 0 bridgehead atoms. The van der Waals surface area contributed by atoms with E-state index in [1.807, 2.05) is 55.5 Å². The second-order valence-electron chi connectivity index (χ2n) is 6.89. The van der Waals surface area contributed by atoms with E-state index in [0.29, 0.717) is 5.69 Å². The van der Waals surface area contributed by atoms with E-state index in [4.69, 9.17) is 0 Å². The van der Waals surface area contributed by atoms with Crippen molar-refractivity contribution in [3.05, 3.63) is 59.7 Å². The van der Waals surface area contributed by atoms with E-state index in [-0.39, 0.29) is 11.8 Å². The molecule has 5 nitrogen and oxygen atoms in total. The monoisotopic (exact) mass is 321 g/mol. The third-order valence-corrected chi connectivity index (χ3v) is 4.81. The summed E-state index contributed by atoms with van der Waals surface area (Å²) in [5.74, 6) is -0.354. The van der Waals surface area contributed by atoms with Crippen LogP contribution in [0.15, 0.2) is 48.5 Å². The van der Waals surface area contributed by atoms with E-state index in [1.54, 1.807) is 18.7 Å². The number of hydrogen-bond donors (Lipinski definition) is 2. The Morgan fingerprint density at radius 3 is 2.38 bits per heavy atom. The molecular weight excluding hydrogens is 302 g/mol. The zero-order valence-electron chi connectivity index (χ0n) is 13.9. The van der Waals surface area contributed by atoms with E-state index in [9.17, 15) is 9.59 Å². The third kappa shape index (κ3) is 1.73. The predicted octanol–water partition coefficient (Wildman–Crippen LogP) is 2.51. The summed E-state index contributed by atoms with van der Waals surface area (Å²) in [4.78, 5) is 27.8. The predicted molar refractivity (Wildman–Crippen MR) is 92.6 cm³/mol. The first-order valence-electron chi connectivity index (χ1n) is 7.98. The molecule has 2 aromatic carbocycles. The molecule has 2 N–H and O–H groups in total. The molecule has 122 valence electrons. The fraction of sp³-hybridized carbons (Fsp3) is 0.263. The lowest BCUT2D eigenvalue weighted by Crippen LogP contribution is -2.56. The first-order chi connectivity index (χ1) is 11.4. The van der Waals surface area contributed by atoms with Crippen molar-refractivity contribution in [1.29, 1.82) is 0 Å². The van der Waals surface area contributed by atoms with Crippen LogP contribution in [0.2, 0.25) is 0 Å². The summed E-state index contributed by atoms with van der Waals surface area (Å²) in [5, 5.41) is 6.26. The molecule has 1 unspecified atom stereocenters. The van der Waals surface area contributed by atoms with Crippen LogP contribution < -0.4 is 15.5 Å². The quantitative estimate of drug-likeness (QED) is 0.848. The van der Waals surface area contributed by atoms with E-state index in [2.05, 4.69) is 10.6 Å². The summed E-state index contributed by atoms with van der Waals surface area (Å²) in [6.07, 6.45) is 0. The number of hydrogen-bond acceptors (Lipinski definition) is 3. The summed E-state index contributed by atoms with van der Waals surface area (Å²) in [7, 11) is 0. The number of rotatable bonds is 1. The Bertz CT molecular complexity index is 860. The molecule has 2 aliphatic rings. The molecule has 1 atom stereocenters. The van der Waals surface area contributed by atoms with E-state index in [0.717, 1.165) is 16.8 Å². The number of fused-ring (bicyclic) bond motifs is 2. The molecule has 2 amide bonds. The Kier molecular flexibility index (Phi) is 2.90. The van der Waals surface area contributed by atoms with Crippen molar-refractivity contribution in [3.8, 4) is 0 Å². The lowest BCUT2D eigenvalue weighted by Gasteiger charge is -2.33. The molecular formula is C19H19N3O2. The molecule has 2 aromatic rings. The summed E-state index contributed by atoms with van der Waals surface area (Å²) in [5.41, 5.74) is 1.17. The molecule has 0 radical (unpaired) electrons. The average Bonchev–Trinajstić information content (AvgIpc) is 2.94. The van der Waals surface area contributed by atoms with Crippen LogP contribution in [-0.2, 0) is 15.3 Å². The topological polar surface area (TPSA) is 61.4 Å². The number of nitrogens with zero attached hydrogens (tertiary/aromatic N) is 1. The highest BCUT2D eigenvalue weighted by atomic mass is 16.2. The van der Waals surface area contributed by atoms with Crippen LogP contribution in [0, 0.1) is 6.92 Å². The first kappa shape index (κ1) is 14.9. The van der Waals surface area contributed by atoms with Gasteiger partial charge >= 0.3 is 0 Å². The zero-order valence-corrected chi connectivity index (χ0v) is 13.9. The van der Waals surface area contributed by atoms with Crippen molar-refractivity contribution in [1.82, 2.24) is 5.32 Å². The van der Waals surface area contributed by atoms with Crippen molar-refractivity contribution in [2.45, 2.75) is 32.0 Å². The van der Waals surface area contributed by atoms with Gasteiger partial charge in [0.25, 0.3) is 5.91 Å². The summed E-state index contributed by atoms with van der Waals surface area (Å²) < 4.78 is 0. The number of benzene rings is 2. The zero-order chi connectivity index (χ0) is 17.1. The van der Waals surface area contributed by atoms with Crippen LogP contribution in [0.1, 0.15) is 25.0 Å². The lowest BCUT2D eigenvalue weighted by atomic mass is 9.97. The number of anilines is 2. The van der Waals surface area contributed by atoms with Gasteiger partial charge in [0.05, 0.1) is 11.2 Å². The molecule has 1 fully saturated rings. The number of carbonyl (C=O) groups excluding carboxylic acids is 2. The Morgan fingerprint density at radius 2 is 1.67 bits per heavy atom. The number of amides is 2. The number of nitrogens with one attached hydrogen (secondary N) is 2. The normalized spacial score (nSPS) is 24.4. The Labute approximate surface area is 140 Å². The number of carbonyl (C=O) groups is 2. The minimum Gasteiger partial charge on any atom is -0.322 e. The van der Waals surface area contributed by atoms with Gasteiger partial charge in [-0.15, -0.1) is 0 Å². The second-order valence-corrected chi connectivity index (χ2v) is 6.89. The van der Waals surface area contributed by atoms with Crippen molar-refractivity contribution in [2.24, 2.45) is 0 Å². The van der Waals surface area contributed by atoms with Gasteiger partial charge in [-0.2, -0.15) is 0 Å². The van der Waals surface area contributed by atoms with Crippen molar-refractivity contribution in [2.75, 3.05) is 10.2 Å². The van der Waals surface area contributed by atoms with Crippen LogP contribution in [0.25, 0.3) is 0 Å². The molecule has 5 heteroatoms. The van der Waals surface area contributed by atoms with E-state index in [1.165, 1.54) is 0 Å². The molecule has 1 spiro atoms. The largest absolute Gasteiger partial charge is 0.322 e. The minimum atomic E-state index is -1.22.